The number of aryl methyl sites for hydroxylation is 1. The monoisotopic (exact) mass is 432 g/mol. The zero-order valence-electron chi connectivity index (χ0n) is 17.7. The van der Waals surface area contributed by atoms with Crippen LogP contribution in [0.5, 0.6) is 0 Å². The number of aromatic nitrogens is 2. The third-order valence-electron chi connectivity index (χ3n) is 6.23. The average molecular weight is 433 g/mol. The van der Waals surface area contributed by atoms with Gasteiger partial charge in [0.25, 0.3) is 0 Å². The molecule has 0 unspecified atom stereocenters. The predicted molar refractivity (Wildman–Crippen MR) is 136 cm³/mol. The highest BCUT2D eigenvalue weighted by molar-refractivity contribution is 6.37. The zero-order chi connectivity index (χ0) is 21.7. The zero-order valence-corrected chi connectivity index (χ0v) is 18.5. The van der Waals surface area contributed by atoms with Gasteiger partial charge >= 0.3 is 0 Å². The van der Waals surface area contributed by atoms with E-state index in [0.717, 1.165) is 50.3 Å². The fourth-order valence-electron chi connectivity index (χ4n) is 4.82. The maximum Gasteiger partial charge on any atom is 0.114 e. The number of para-hydroxylation sites is 2. The number of benzene rings is 5. The van der Waals surface area contributed by atoms with E-state index in [1.54, 1.807) is 0 Å². The second kappa shape index (κ2) is 7.51. The molecule has 6 rings (SSSR count). The Morgan fingerprint density at radius 3 is 2.31 bits per heavy atom. The van der Waals surface area contributed by atoms with Crippen molar-refractivity contribution in [1.82, 2.24) is 9.55 Å². The largest absolute Gasteiger partial charge is 0.296 e. The Balaban J connectivity index is 1.69. The van der Waals surface area contributed by atoms with Gasteiger partial charge in [-0.3, -0.25) is 4.57 Å². The molecule has 2 nitrogen and oxygen atoms in total. The number of fused-ring (bicyclic) bond motifs is 3. The molecule has 0 bridgehead atoms. The van der Waals surface area contributed by atoms with Crippen LogP contribution in [0, 0.1) is 0 Å². The van der Waals surface area contributed by atoms with Crippen LogP contribution in [0.1, 0.15) is 12.7 Å². The first kappa shape index (κ1) is 19.1. The van der Waals surface area contributed by atoms with E-state index in [-0.39, 0.29) is 0 Å². The Labute approximate surface area is 191 Å². The van der Waals surface area contributed by atoms with E-state index >= 15 is 0 Å². The highest BCUT2D eigenvalue weighted by Crippen LogP contribution is 2.39. The van der Waals surface area contributed by atoms with Crippen LogP contribution in [0.15, 0.2) is 97.1 Å². The van der Waals surface area contributed by atoms with Crippen molar-refractivity contribution in [3.05, 3.63) is 108 Å². The van der Waals surface area contributed by atoms with E-state index in [2.05, 4.69) is 90.4 Å². The molecule has 154 valence electrons. The predicted octanol–water partition coefficient (Wildman–Crippen LogP) is 8.21. The van der Waals surface area contributed by atoms with Crippen LogP contribution in [-0.4, -0.2) is 9.55 Å². The lowest BCUT2D eigenvalue weighted by atomic mass is 9.93. The number of hydrogen-bond donors (Lipinski definition) is 0. The summed E-state index contributed by atoms with van der Waals surface area (Å²) in [5, 5.41) is 5.43. The molecule has 0 spiro atoms. The topological polar surface area (TPSA) is 17.8 Å². The highest BCUT2D eigenvalue weighted by atomic mass is 35.5. The smallest absolute Gasteiger partial charge is 0.114 e. The van der Waals surface area contributed by atoms with Crippen LogP contribution in [-0.2, 0) is 6.42 Å². The lowest BCUT2D eigenvalue weighted by Crippen LogP contribution is -2.01. The van der Waals surface area contributed by atoms with Crippen molar-refractivity contribution in [2.24, 2.45) is 0 Å². The van der Waals surface area contributed by atoms with Gasteiger partial charge in [-0.15, -0.1) is 0 Å². The summed E-state index contributed by atoms with van der Waals surface area (Å²) >= 11 is 6.67. The number of hydrogen-bond acceptors (Lipinski definition) is 1. The number of nitrogens with zero attached hydrogens (tertiary/aromatic N) is 2. The first-order chi connectivity index (χ1) is 15.8. The van der Waals surface area contributed by atoms with E-state index in [0.29, 0.717) is 0 Å². The summed E-state index contributed by atoms with van der Waals surface area (Å²) in [6.45, 7) is 2.16. The van der Waals surface area contributed by atoms with Crippen LogP contribution >= 0.6 is 11.6 Å². The summed E-state index contributed by atoms with van der Waals surface area (Å²) in [6, 6.07) is 33.9. The van der Waals surface area contributed by atoms with Gasteiger partial charge in [0.1, 0.15) is 5.82 Å². The molecule has 0 radical (unpaired) electrons. The van der Waals surface area contributed by atoms with E-state index in [4.69, 9.17) is 16.6 Å². The fourth-order valence-corrected chi connectivity index (χ4v) is 5.11. The molecule has 6 aromatic rings. The Morgan fingerprint density at radius 1 is 0.719 bits per heavy atom. The molecule has 0 N–H and O–H groups in total. The second-order valence-corrected chi connectivity index (χ2v) is 8.43. The first-order valence-corrected chi connectivity index (χ1v) is 11.3. The molecule has 0 amide bonds. The molecular weight excluding hydrogens is 412 g/mol. The van der Waals surface area contributed by atoms with Gasteiger partial charge < -0.3 is 0 Å². The summed E-state index contributed by atoms with van der Waals surface area (Å²) in [4.78, 5) is 4.89. The number of imidazole rings is 1. The third-order valence-corrected chi connectivity index (χ3v) is 6.55. The van der Waals surface area contributed by atoms with Crippen molar-refractivity contribution in [3.63, 3.8) is 0 Å². The Kier molecular flexibility index (Phi) is 4.48. The van der Waals surface area contributed by atoms with Gasteiger partial charge in [-0.05, 0) is 46.2 Å². The van der Waals surface area contributed by atoms with Crippen LogP contribution in [0.4, 0.5) is 0 Å². The van der Waals surface area contributed by atoms with Gasteiger partial charge in [-0.1, -0.05) is 91.3 Å². The van der Waals surface area contributed by atoms with Gasteiger partial charge in [0, 0.05) is 22.2 Å². The minimum absolute atomic E-state index is 0.778. The maximum atomic E-state index is 6.67. The van der Waals surface area contributed by atoms with Crippen molar-refractivity contribution in [2.45, 2.75) is 13.3 Å². The van der Waals surface area contributed by atoms with Crippen molar-refractivity contribution in [1.29, 1.82) is 0 Å². The van der Waals surface area contributed by atoms with E-state index in [1.807, 2.05) is 18.2 Å². The average Bonchev–Trinajstić information content (AvgIpc) is 3.22. The SMILES string of the molecule is CCc1nc2ccccc2n1-c1cccc2c(-c3cccc4cccc(Cl)c34)cccc12. The minimum atomic E-state index is 0.778. The highest BCUT2D eigenvalue weighted by Gasteiger charge is 2.15. The fraction of sp³-hybridized carbons (Fsp3) is 0.0690. The second-order valence-electron chi connectivity index (χ2n) is 8.03. The van der Waals surface area contributed by atoms with Gasteiger partial charge in [-0.2, -0.15) is 0 Å². The number of rotatable bonds is 3. The van der Waals surface area contributed by atoms with Crippen molar-refractivity contribution in [3.8, 4) is 16.8 Å². The maximum absolute atomic E-state index is 6.67. The van der Waals surface area contributed by atoms with Crippen LogP contribution < -0.4 is 0 Å². The van der Waals surface area contributed by atoms with Crippen molar-refractivity contribution >= 4 is 44.2 Å². The molecule has 1 heterocycles. The molecule has 0 saturated carbocycles. The molecule has 0 saturated heterocycles. The summed E-state index contributed by atoms with van der Waals surface area (Å²) in [6.07, 6.45) is 0.865. The summed E-state index contributed by atoms with van der Waals surface area (Å²) in [5.74, 6) is 1.07. The lowest BCUT2D eigenvalue weighted by molar-refractivity contribution is 0.913. The number of halogens is 1. The quantitative estimate of drug-likeness (QED) is 0.275. The Hall–Kier alpha value is -3.62. The van der Waals surface area contributed by atoms with Crippen LogP contribution in [0.3, 0.4) is 0 Å². The molecule has 3 heteroatoms. The molecule has 0 aliphatic carbocycles. The standard InChI is InChI=1S/C29H21ClN2/c1-2-28-31-25-16-3-4-17-27(25)32(28)26-18-8-12-20-21(11-7-13-22(20)26)23-14-5-9-19-10-6-15-24(30)29(19)23/h3-18H,2H2,1H3. The summed E-state index contributed by atoms with van der Waals surface area (Å²) < 4.78 is 2.30. The molecule has 0 aliphatic heterocycles. The van der Waals surface area contributed by atoms with Crippen molar-refractivity contribution in [2.75, 3.05) is 0 Å². The molecule has 0 atom stereocenters. The lowest BCUT2D eigenvalue weighted by Gasteiger charge is -2.15. The molecule has 32 heavy (non-hydrogen) atoms. The Morgan fingerprint density at radius 2 is 1.44 bits per heavy atom. The van der Waals surface area contributed by atoms with Gasteiger partial charge in [0.2, 0.25) is 0 Å². The van der Waals surface area contributed by atoms with Gasteiger partial charge in [-0.25, -0.2) is 4.98 Å². The minimum Gasteiger partial charge on any atom is -0.296 e. The molecule has 0 aliphatic rings. The van der Waals surface area contributed by atoms with Crippen molar-refractivity contribution < 1.29 is 0 Å². The van der Waals surface area contributed by atoms with Gasteiger partial charge in [0.05, 0.1) is 16.7 Å². The normalized spacial score (nSPS) is 11.6. The Bertz CT molecular complexity index is 1620. The first-order valence-electron chi connectivity index (χ1n) is 10.9. The summed E-state index contributed by atoms with van der Waals surface area (Å²) in [5.41, 5.74) is 5.66. The van der Waals surface area contributed by atoms with Gasteiger partial charge in [0.15, 0.2) is 0 Å². The van der Waals surface area contributed by atoms with E-state index < -0.39 is 0 Å². The third kappa shape index (κ3) is 2.84. The molecule has 0 fully saturated rings. The molecule has 1 aromatic heterocycles. The molecular formula is C29H21ClN2. The molecule has 5 aromatic carbocycles. The van der Waals surface area contributed by atoms with Crippen LogP contribution in [0.2, 0.25) is 5.02 Å². The van der Waals surface area contributed by atoms with E-state index in [1.165, 1.54) is 16.3 Å². The summed E-state index contributed by atoms with van der Waals surface area (Å²) in [7, 11) is 0. The van der Waals surface area contributed by atoms with E-state index in [9.17, 15) is 0 Å². The van der Waals surface area contributed by atoms with Crippen LogP contribution in [0.25, 0.3) is 49.4 Å².